The smallest absolute Gasteiger partial charge is 0.229 e. The molecule has 2 aromatic rings. The molecule has 3 rings (SSSR count). The van der Waals surface area contributed by atoms with Crippen molar-refractivity contribution >= 4 is 5.91 Å². The van der Waals surface area contributed by atoms with Crippen molar-refractivity contribution in [1.82, 2.24) is 15.0 Å². The molecule has 2 heterocycles. The van der Waals surface area contributed by atoms with Gasteiger partial charge in [0.05, 0.1) is 7.11 Å². The van der Waals surface area contributed by atoms with Crippen LogP contribution in [0.25, 0.3) is 0 Å². The van der Waals surface area contributed by atoms with E-state index in [-0.39, 0.29) is 17.6 Å². The van der Waals surface area contributed by atoms with Gasteiger partial charge in [-0.15, -0.1) is 0 Å². The number of nitrogens with zero attached hydrogens (tertiary/aromatic N) is 3. The van der Waals surface area contributed by atoms with Crippen molar-refractivity contribution in [3.05, 3.63) is 41.3 Å². The highest BCUT2D eigenvalue weighted by Crippen LogP contribution is 2.27. The SMILES string of the molecule is COc1ccc(CCC(=O)N2CCC(c3nc(C)no3)CC2)cc1F. The van der Waals surface area contributed by atoms with Gasteiger partial charge in [0.15, 0.2) is 17.4 Å². The molecule has 7 heteroatoms. The average Bonchev–Trinajstić information content (AvgIpc) is 3.06. The molecule has 0 aliphatic carbocycles. The molecule has 0 radical (unpaired) electrons. The van der Waals surface area contributed by atoms with Gasteiger partial charge >= 0.3 is 0 Å². The number of aryl methyl sites for hydroxylation is 2. The number of aromatic nitrogens is 2. The Balaban J connectivity index is 1.49. The molecular formula is C18H22FN3O3. The summed E-state index contributed by atoms with van der Waals surface area (Å²) in [6.45, 7) is 3.16. The van der Waals surface area contributed by atoms with E-state index in [2.05, 4.69) is 10.1 Å². The summed E-state index contributed by atoms with van der Waals surface area (Å²) >= 11 is 0. The first-order chi connectivity index (χ1) is 12.1. The first kappa shape index (κ1) is 17.4. The maximum Gasteiger partial charge on any atom is 0.229 e. The summed E-state index contributed by atoms with van der Waals surface area (Å²) in [5, 5.41) is 3.82. The second kappa shape index (κ2) is 7.63. The number of methoxy groups -OCH3 is 1. The van der Waals surface area contributed by atoms with Crippen molar-refractivity contribution in [1.29, 1.82) is 0 Å². The molecule has 1 saturated heterocycles. The van der Waals surface area contributed by atoms with E-state index in [1.807, 2.05) is 4.90 Å². The summed E-state index contributed by atoms with van der Waals surface area (Å²) in [5.41, 5.74) is 0.794. The zero-order valence-corrected chi connectivity index (χ0v) is 14.5. The van der Waals surface area contributed by atoms with Gasteiger partial charge in [0, 0.05) is 25.4 Å². The molecule has 1 aromatic carbocycles. The quantitative estimate of drug-likeness (QED) is 0.832. The Morgan fingerprint density at radius 3 is 2.76 bits per heavy atom. The van der Waals surface area contributed by atoms with Crippen LogP contribution in [0.3, 0.4) is 0 Å². The van der Waals surface area contributed by atoms with Gasteiger partial charge in [-0.1, -0.05) is 11.2 Å². The van der Waals surface area contributed by atoms with Crippen LogP contribution in [0, 0.1) is 12.7 Å². The van der Waals surface area contributed by atoms with Crippen LogP contribution in [0.2, 0.25) is 0 Å². The van der Waals surface area contributed by atoms with Crippen LogP contribution < -0.4 is 4.74 Å². The van der Waals surface area contributed by atoms with Crippen LogP contribution >= 0.6 is 0 Å². The summed E-state index contributed by atoms with van der Waals surface area (Å²) < 4.78 is 23.8. The minimum Gasteiger partial charge on any atom is -0.494 e. The number of ether oxygens (including phenoxy) is 1. The lowest BCUT2D eigenvalue weighted by Gasteiger charge is -2.30. The predicted molar refractivity (Wildman–Crippen MR) is 88.9 cm³/mol. The van der Waals surface area contributed by atoms with E-state index in [4.69, 9.17) is 9.26 Å². The Morgan fingerprint density at radius 2 is 2.16 bits per heavy atom. The summed E-state index contributed by atoms with van der Waals surface area (Å²) in [6, 6.07) is 4.81. The summed E-state index contributed by atoms with van der Waals surface area (Å²) in [6.07, 6.45) is 2.54. The monoisotopic (exact) mass is 347 g/mol. The predicted octanol–water partition coefficient (Wildman–Crippen LogP) is 2.86. The van der Waals surface area contributed by atoms with E-state index in [1.165, 1.54) is 13.2 Å². The number of carbonyl (C=O) groups is 1. The third-order valence-corrected chi connectivity index (χ3v) is 4.58. The summed E-state index contributed by atoms with van der Waals surface area (Å²) in [4.78, 5) is 18.5. The Hall–Kier alpha value is -2.44. The van der Waals surface area contributed by atoms with E-state index in [9.17, 15) is 9.18 Å². The van der Waals surface area contributed by atoms with Gasteiger partial charge in [-0.05, 0) is 43.9 Å². The van der Waals surface area contributed by atoms with Gasteiger partial charge in [0.25, 0.3) is 0 Å². The van der Waals surface area contributed by atoms with E-state index in [1.54, 1.807) is 19.1 Å². The van der Waals surface area contributed by atoms with Crippen molar-refractivity contribution in [2.75, 3.05) is 20.2 Å². The topological polar surface area (TPSA) is 68.5 Å². The molecule has 0 saturated carbocycles. The van der Waals surface area contributed by atoms with Crippen LogP contribution in [-0.4, -0.2) is 41.1 Å². The fourth-order valence-corrected chi connectivity index (χ4v) is 3.13. The lowest BCUT2D eigenvalue weighted by Crippen LogP contribution is -2.38. The van der Waals surface area contributed by atoms with E-state index < -0.39 is 5.82 Å². The number of piperidine rings is 1. The molecule has 6 nitrogen and oxygen atoms in total. The third kappa shape index (κ3) is 4.15. The largest absolute Gasteiger partial charge is 0.494 e. The molecular weight excluding hydrogens is 325 g/mol. The van der Waals surface area contributed by atoms with Gasteiger partial charge in [0.1, 0.15) is 0 Å². The van der Waals surface area contributed by atoms with Crippen molar-refractivity contribution in [3.63, 3.8) is 0 Å². The van der Waals surface area contributed by atoms with Crippen molar-refractivity contribution in [2.24, 2.45) is 0 Å². The van der Waals surface area contributed by atoms with Crippen LogP contribution in [0.15, 0.2) is 22.7 Å². The highest BCUT2D eigenvalue weighted by atomic mass is 19.1. The maximum atomic E-state index is 13.7. The second-order valence-corrected chi connectivity index (χ2v) is 6.30. The van der Waals surface area contributed by atoms with Gasteiger partial charge < -0.3 is 14.2 Å². The fourth-order valence-electron chi connectivity index (χ4n) is 3.13. The molecule has 134 valence electrons. The number of halogens is 1. The number of hydrogen-bond donors (Lipinski definition) is 0. The Morgan fingerprint density at radius 1 is 1.40 bits per heavy atom. The van der Waals surface area contributed by atoms with Gasteiger partial charge in [-0.25, -0.2) is 4.39 Å². The van der Waals surface area contributed by atoms with E-state index in [0.717, 1.165) is 18.4 Å². The zero-order chi connectivity index (χ0) is 17.8. The van der Waals surface area contributed by atoms with Gasteiger partial charge in [0.2, 0.25) is 11.8 Å². The van der Waals surface area contributed by atoms with Gasteiger partial charge in [-0.2, -0.15) is 4.98 Å². The van der Waals surface area contributed by atoms with Gasteiger partial charge in [-0.3, -0.25) is 4.79 Å². The maximum absolute atomic E-state index is 13.7. The summed E-state index contributed by atoms with van der Waals surface area (Å²) in [7, 11) is 1.43. The van der Waals surface area contributed by atoms with Crippen molar-refractivity contribution in [2.45, 2.75) is 38.5 Å². The molecule has 1 aliphatic rings. The molecule has 1 aliphatic heterocycles. The molecule has 0 spiro atoms. The minimum atomic E-state index is -0.400. The lowest BCUT2D eigenvalue weighted by molar-refractivity contribution is -0.132. The number of carbonyl (C=O) groups excluding carboxylic acids is 1. The fraction of sp³-hybridized carbons (Fsp3) is 0.500. The normalized spacial score (nSPS) is 15.4. The number of hydrogen-bond acceptors (Lipinski definition) is 5. The van der Waals surface area contributed by atoms with Crippen LogP contribution in [0.1, 0.15) is 42.5 Å². The Labute approximate surface area is 146 Å². The van der Waals surface area contributed by atoms with Crippen molar-refractivity contribution < 1.29 is 18.4 Å². The van der Waals surface area contributed by atoms with Crippen LogP contribution in [0.4, 0.5) is 4.39 Å². The molecule has 25 heavy (non-hydrogen) atoms. The number of likely N-dealkylation sites (tertiary alicyclic amines) is 1. The van der Waals surface area contributed by atoms with E-state index >= 15 is 0 Å². The first-order valence-electron chi connectivity index (χ1n) is 8.47. The Kier molecular flexibility index (Phi) is 5.31. The Bertz CT molecular complexity index is 739. The average molecular weight is 347 g/mol. The first-order valence-corrected chi connectivity index (χ1v) is 8.47. The zero-order valence-electron chi connectivity index (χ0n) is 14.5. The van der Waals surface area contributed by atoms with Crippen molar-refractivity contribution in [3.8, 4) is 5.75 Å². The third-order valence-electron chi connectivity index (χ3n) is 4.58. The molecule has 1 aromatic heterocycles. The number of benzene rings is 1. The highest BCUT2D eigenvalue weighted by molar-refractivity contribution is 5.76. The standard InChI is InChI=1S/C18H22FN3O3/c1-12-20-18(25-21-12)14-7-9-22(10-8-14)17(23)6-4-13-3-5-16(24-2)15(19)11-13/h3,5,11,14H,4,6-10H2,1-2H3. The lowest BCUT2D eigenvalue weighted by atomic mass is 9.96. The second-order valence-electron chi connectivity index (χ2n) is 6.30. The molecule has 1 amide bonds. The van der Waals surface area contributed by atoms with Crippen LogP contribution in [0.5, 0.6) is 5.75 Å². The molecule has 0 atom stereocenters. The highest BCUT2D eigenvalue weighted by Gasteiger charge is 2.27. The molecule has 1 fully saturated rings. The molecule has 0 unspecified atom stereocenters. The number of amides is 1. The minimum absolute atomic E-state index is 0.0939. The number of rotatable bonds is 5. The van der Waals surface area contributed by atoms with E-state index in [0.29, 0.717) is 37.6 Å². The summed E-state index contributed by atoms with van der Waals surface area (Å²) in [5.74, 6) is 1.44. The molecule has 0 bridgehead atoms. The molecule has 0 N–H and O–H groups in total. The van der Waals surface area contributed by atoms with Crippen LogP contribution in [-0.2, 0) is 11.2 Å².